The largest absolute Gasteiger partial charge is 0.496 e. The van der Waals surface area contributed by atoms with Gasteiger partial charge in [-0.1, -0.05) is 6.58 Å². The second-order valence-electron chi connectivity index (χ2n) is 7.89. The molecule has 0 saturated heterocycles. The fourth-order valence-electron chi connectivity index (χ4n) is 3.22. The lowest BCUT2D eigenvalue weighted by atomic mass is 10.2. The molecule has 3 rings (SSSR count). The van der Waals surface area contributed by atoms with Gasteiger partial charge in [0.1, 0.15) is 23.0 Å². The number of hydrogen-bond acceptors (Lipinski definition) is 8. The zero-order valence-corrected chi connectivity index (χ0v) is 20.7. The van der Waals surface area contributed by atoms with Crippen LogP contribution in [-0.2, 0) is 9.53 Å². The zero-order valence-electron chi connectivity index (χ0n) is 20.7. The Hall–Kier alpha value is -4.59. The summed E-state index contributed by atoms with van der Waals surface area (Å²) < 4.78 is 26.5. The molecule has 0 saturated carbocycles. The third-order valence-corrected chi connectivity index (χ3v) is 5.19. The van der Waals surface area contributed by atoms with E-state index >= 15 is 0 Å². The van der Waals surface area contributed by atoms with Crippen LogP contribution in [0.4, 0.5) is 0 Å². The van der Waals surface area contributed by atoms with Crippen LogP contribution in [0.1, 0.15) is 39.1 Å². The zero-order chi connectivity index (χ0) is 26.6. The highest BCUT2D eigenvalue weighted by molar-refractivity contribution is 5.92. The van der Waals surface area contributed by atoms with Gasteiger partial charge in [-0.2, -0.15) is 0 Å². The van der Waals surface area contributed by atoms with Gasteiger partial charge in [0.05, 0.1) is 31.5 Å². The second kappa shape index (κ2) is 13.5. The first kappa shape index (κ1) is 27.0. The van der Waals surface area contributed by atoms with Gasteiger partial charge in [0.25, 0.3) is 0 Å². The van der Waals surface area contributed by atoms with E-state index in [1.165, 1.54) is 24.3 Å². The van der Waals surface area contributed by atoms with Gasteiger partial charge in [0.15, 0.2) is 0 Å². The number of unbranched alkanes of at least 4 members (excludes halogenated alkanes) is 1. The Kier molecular flexibility index (Phi) is 9.84. The summed E-state index contributed by atoms with van der Waals surface area (Å²) in [4.78, 5) is 35.9. The minimum absolute atomic E-state index is 0.291. The van der Waals surface area contributed by atoms with Crippen LogP contribution in [-0.4, -0.2) is 38.2 Å². The molecule has 0 heterocycles. The van der Waals surface area contributed by atoms with Crippen molar-refractivity contribution in [2.75, 3.05) is 20.3 Å². The molecule has 0 N–H and O–H groups in total. The molecule has 0 fully saturated rings. The fourth-order valence-corrected chi connectivity index (χ4v) is 3.22. The fraction of sp³-hybridized carbons (Fsp3) is 0.207. The van der Waals surface area contributed by atoms with Crippen molar-refractivity contribution in [2.24, 2.45) is 0 Å². The number of ether oxygens (including phenoxy) is 5. The number of rotatable bonds is 12. The highest BCUT2D eigenvalue weighted by Gasteiger charge is 2.13. The van der Waals surface area contributed by atoms with E-state index in [1.807, 2.05) is 6.92 Å². The quantitative estimate of drug-likeness (QED) is 0.141. The van der Waals surface area contributed by atoms with Crippen LogP contribution in [0.3, 0.4) is 0 Å². The molecular weight excluding hydrogens is 476 g/mol. The Bertz CT molecular complexity index is 1230. The first-order chi connectivity index (χ1) is 17.9. The van der Waals surface area contributed by atoms with Crippen molar-refractivity contribution in [1.82, 2.24) is 0 Å². The molecule has 0 aliphatic rings. The monoisotopic (exact) mass is 504 g/mol. The van der Waals surface area contributed by atoms with Crippen LogP contribution in [0.2, 0.25) is 0 Å². The maximum absolute atomic E-state index is 12.5. The van der Waals surface area contributed by atoms with Gasteiger partial charge in [-0.05, 0) is 92.1 Å². The van der Waals surface area contributed by atoms with Crippen LogP contribution in [0.25, 0.3) is 0 Å². The Morgan fingerprint density at radius 3 is 1.86 bits per heavy atom. The Morgan fingerprint density at radius 1 is 0.757 bits per heavy atom. The number of hydrogen-bond donors (Lipinski definition) is 0. The number of methoxy groups -OCH3 is 1. The average Bonchev–Trinajstić information content (AvgIpc) is 2.91. The third kappa shape index (κ3) is 8.24. The van der Waals surface area contributed by atoms with Crippen molar-refractivity contribution in [3.63, 3.8) is 0 Å². The normalized spacial score (nSPS) is 10.2. The number of benzene rings is 3. The molecule has 0 unspecified atom stereocenters. The van der Waals surface area contributed by atoms with Crippen molar-refractivity contribution in [1.29, 1.82) is 0 Å². The van der Waals surface area contributed by atoms with Crippen molar-refractivity contribution in [3.05, 3.63) is 96.1 Å². The topological polar surface area (TPSA) is 97.4 Å². The second-order valence-corrected chi connectivity index (χ2v) is 7.89. The van der Waals surface area contributed by atoms with E-state index in [0.29, 0.717) is 60.2 Å². The molecule has 0 spiro atoms. The summed E-state index contributed by atoms with van der Waals surface area (Å²) in [6, 6.07) is 17.8. The average molecular weight is 505 g/mol. The van der Waals surface area contributed by atoms with Gasteiger partial charge >= 0.3 is 17.9 Å². The molecule has 0 aliphatic carbocycles. The Morgan fingerprint density at radius 2 is 1.30 bits per heavy atom. The summed E-state index contributed by atoms with van der Waals surface area (Å²) in [5.41, 5.74) is 1.51. The molecular formula is C29H28O8. The summed E-state index contributed by atoms with van der Waals surface area (Å²) in [6.45, 7) is 5.95. The summed E-state index contributed by atoms with van der Waals surface area (Å²) in [7, 11) is 1.57. The maximum atomic E-state index is 12.5. The predicted molar refractivity (Wildman–Crippen MR) is 136 cm³/mol. The Balaban J connectivity index is 1.46. The molecule has 0 aliphatic heterocycles. The predicted octanol–water partition coefficient (Wildman–Crippen LogP) is 5.33. The van der Waals surface area contributed by atoms with E-state index < -0.39 is 17.9 Å². The summed E-state index contributed by atoms with van der Waals surface area (Å²) in [5, 5.41) is 0. The summed E-state index contributed by atoms with van der Waals surface area (Å²) in [6.07, 6.45) is 2.50. The highest BCUT2D eigenvalue weighted by atomic mass is 16.5. The SMILES string of the molecule is C=CC(=O)OCCCCOc1ccc(C(=O)Oc2ccc(C(=O)Oc3ccc(OC)c(C)c3)cc2)cc1. The molecule has 0 amide bonds. The van der Waals surface area contributed by atoms with E-state index in [0.717, 1.165) is 11.6 Å². The molecule has 3 aromatic carbocycles. The summed E-state index contributed by atoms with van der Waals surface area (Å²) in [5.74, 6) is 0.486. The lowest BCUT2D eigenvalue weighted by Gasteiger charge is -2.09. The first-order valence-corrected chi connectivity index (χ1v) is 11.6. The molecule has 192 valence electrons. The van der Waals surface area contributed by atoms with Crippen molar-refractivity contribution < 1.29 is 38.1 Å². The number of carbonyl (C=O) groups excluding carboxylic acids is 3. The minimum atomic E-state index is -0.542. The van der Waals surface area contributed by atoms with Crippen molar-refractivity contribution in [2.45, 2.75) is 19.8 Å². The molecule has 37 heavy (non-hydrogen) atoms. The van der Waals surface area contributed by atoms with E-state index in [1.54, 1.807) is 49.6 Å². The van der Waals surface area contributed by atoms with Crippen molar-refractivity contribution in [3.8, 4) is 23.0 Å². The first-order valence-electron chi connectivity index (χ1n) is 11.6. The third-order valence-electron chi connectivity index (χ3n) is 5.19. The van der Waals surface area contributed by atoms with Gasteiger partial charge in [-0.15, -0.1) is 0 Å². The van der Waals surface area contributed by atoms with Crippen LogP contribution in [0, 0.1) is 6.92 Å². The van der Waals surface area contributed by atoms with Gasteiger partial charge in [-0.25, -0.2) is 14.4 Å². The Labute approximate surface area is 215 Å². The minimum Gasteiger partial charge on any atom is -0.496 e. The van der Waals surface area contributed by atoms with E-state index in [4.69, 9.17) is 23.7 Å². The number of esters is 3. The molecule has 0 bridgehead atoms. The highest BCUT2D eigenvalue weighted by Crippen LogP contribution is 2.24. The molecule has 0 aromatic heterocycles. The molecule has 8 heteroatoms. The molecule has 3 aromatic rings. The smallest absolute Gasteiger partial charge is 0.343 e. The van der Waals surface area contributed by atoms with E-state index in [2.05, 4.69) is 6.58 Å². The van der Waals surface area contributed by atoms with Crippen molar-refractivity contribution >= 4 is 17.9 Å². The van der Waals surface area contributed by atoms with Gasteiger partial charge < -0.3 is 23.7 Å². The lowest BCUT2D eigenvalue weighted by molar-refractivity contribution is -0.137. The summed E-state index contributed by atoms with van der Waals surface area (Å²) >= 11 is 0. The molecule has 0 radical (unpaired) electrons. The van der Waals surface area contributed by atoms with Crippen LogP contribution in [0.15, 0.2) is 79.4 Å². The maximum Gasteiger partial charge on any atom is 0.343 e. The standard InChI is InChI=1S/C29H28O8/c1-4-27(30)35-18-6-5-17-34-23-11-7-21(8-12-23)28(31)36-24-13-9-22(10-14-24)29(32)37-25-15-16-26(33-3)20(2)19-25/h4,7-16,19H,1,5-6,17-18H2,2-3H3. The molecule has 8 nitrogen and oxygen atoms in total. The van der Waals surface area contributed by atoms with E-state index in [9.17, 15) is 14.4 Å². The van der Waals surface area contributed by atoms with Crippen LogP contribution < -0.4 is 18.9 Å². The van der Waals surface area contributed by atoms with Gasteiger partial charge in [0, 0.05) is 6.08 Å². The van der Waals surface area contributed by atoms with Gasteiger partial charge in [0.2, 0.25) is 0 Å². The number of carbonyl (C=O) groups is 3. The molecule has 0 atom stereocenters. The number of aryl methyl sites for hydroxylation is 1. The van der Waals surface area contributed by atoms with Crippen LogP contribution >= 0.6 is 0 Å². The van der Waals surface area contributed by atoms with Crippen LogP contribution in [0.5, 0.6) is 23.0 Å². The lowest BCUT2D eigenvalue weighted by Crippen LogP contribution is -2.10. The van der Waals surface area contributed by atoms with Gasteiger partial charge in [-0.3, -0.25) is 0 Å². The van der Waals surface area contributed by atoms with E-state index in [-0.39, 0.29) is 0 Å².